The van der Waals surface area contributed by atoms with Crippen LogP contribution in [0.15, 0.2) is 36.4 Å². The van der Waals surface area contributed by atoms with Crippen LogP contribution in [0.4, 0.5) is 11.5 Å². The summed E-state index contributed by atoms with van der Waals surface area (Å²) in [4.78, 5) is 14.2. The standard InChI is InChI=1S/C12H12N4O3/c1-8-3-2-4-10(5-8)19-12-7-9(16(17)18)6-11(14-12)15-13/h2-7H,13H2,1H3,(H,14,15). The van der Waals surface area contributed by atoms with Crippen LogP contribution >= 0.6 is 0 Å². The summed E-state index contributed by atoms with van der Waals surface area (Å²) in [6.07, 6.45) is 0. The molecule has 98 valence electrons. The first-order valence-electron chi connectivity index (χ1n) is 5.46. The first kappa shape index (κ1) is 12.8. The minimum absolute atomic E-state index is 0.104. The van der Waals surface area contributed by atoms with Crippen LogP contribution in [0.3, 0.4) is 0 Å². The minimum Gasteiger partial charge on any atom is -0.439 e. The van der Waals surface area contributed by atoms with Gasteiger partial charge in [-0.1, -0.05) is 12.1 Å². The summed E-state index contributed by atoms with van der Waals surface area (Å²) in [5.74, 6) is 6.03. The molecule has 2 rings (SSSR count). The van der Waals surface area contributed by atoms with Crippen molar-refractivity contribution >= 4 is 11.5 Å². The van der Waals surface area contributed by atoms with Crippen molar-refractivity contribution in [3.05, 3.63) is 52.1 Å². The SMILES string of the molecule is Cc1cccc(Oc2cc([N+](=O)[O-])cc(NN)n2)c1. The number of pyridine rings is 1. The summed E-state index contributed by atoms with van der Waals surface area (Å²) >= 11 is 0. The summed E-state index contributed by atoms with van der Waals surface area (Å²) in [5, 5.41) is 10.8. The first-order valence-corrected chi connectivity index (χ1v) is 5.46. The van der Waals surface area contributed by atoms with E-state index in [1.54, 1.807) is 12.1 Å². The molecular weight excluding hydrogens is 248 g/mol. The number of hydrazine groups is 1. The lowest BCUT2D eigenvalue weighted by molar-refractivity contribution is -0.384. The van der Waals surface area contributed by atoms with Crippen molar-refractivity contribution in [2.45, 2.75) is 6.92 Å². The molecule has 0 saturated carbocycles. The van der Waals surface area contributed by atoms with Crippen LogP contribution in [-0.2, 0) is 0 Å². The quantitative estimate of drug-likeness (QED) is 0.497. The second-order valence-corrected chi connectivity index (χ2v) is 3.87. The van der Waals surface area contributed by atoms with E-state index < -0.39 is 4.92 Å². The van der Waals surface area contributed by atoms with Gasteiger partial charge in [-0.15, -0.1) is 0 Å². The van der Waals surface area contributed by atoms with E-state index in [2.05, 4.69) is 10.4 Å². The fraction of sp³-hybridized carbons (Fsp3) is 0.0833. The van der Waals surface area contributed by atoms with Crippen molar-refractivity contribution in [3.8, 4) is 11.6 Å². The fourth-order valence-corrected chi connectivity index (χ4v) is 1.52. The highest BCUT2D eigenvalue weighted by Gasteiger charge is 2.12. The fourth-order valence-electron chi connectivity index (χ4n) is 1.52. The molecule has 0 aliphatic carbocycles. The van der Waals surface area contributed by atoms with Crippen molar-refractivity contribution in [1.82, 2.24) is 4.98 Å². The molecule has 1 heterocycles. The molecule has 3 N–H and O–H groups in total. The van der Waals surface area contributed by atoms with Crippen LogP contribution in [-0.4, -0.2) is 9.91 Å². The van der Waals surface area contributed by atoms with Crippen molar-refractivity contribution in [2.24, 2.45) is 5.84 Å². The highest BCUT2D eigenvalue weighted by molar-refractivity contribution is 5.48. The van der Waals surface area contributed by atoms with Gasteiger partial charge in [0.25, 0.3) is 5.69 Å². The number of nitrogens with one attached hydrogen (secondary N) is 1. The largest absolute Gasteiger partial charge is 0.439 e. The highest BCUT2D eigenvalue weighted by atomic mass is 16.6. The Morgan fingerprint density at radius 1 is 1.37 bits per heavy atom. The monoisotopic (exact) mass is 260 g/mol. The Kier molecular flexibility index (Phi) is 3.58. The Morgan fingerprint density at radius 2 is 2.16 bits per heavy atom. The molecule has 19 heavy (non-hydrogen) atoms. The normalized spacial score (nSPS) is 10.0. The number of nitrogens with zero attached hydrogens (tertiary/aromatic N) is 2. The summed E-state index contributed by atoms with van der Waals surface area (Å²) in [6.45, 7) is 1.92. The van der Waals surface area contributed by atoms with Gasteiger partial charge in [0.1, 0.15) is 5.75 Å². The third-order valence-electron chi connectivity index (χ3n) is 2.36. The third kappa shape index (κ3) is 3.17. The molecule has 0 bridgehead atoms. The number of aryl methyl sites for hydroxylation is 1. The summed E-state index contributed by atoms with van der Waals surface area (Å²) in [7, 11) is 0. The van der Waals surface area contributed by atoms with Crippen LogP contribution < -0.4 is 16.0 Å². The van der Waals surface area contributed by atoms with E-state index in [1.807, 2.05) is 19.1 Å². The number of aromatic nitrogens is 1. The van der Waals surface area contributed by atoms with Gasteiger partial charge in [-0.3, -0.25) is 10.1 Å². The lowest BCUT2D eigenvalue weighted by Gasteiger charge is -2.07. The minimum atomic E-state index is -0.536. The summed E-state index contributed by atoms with van der Waals surface area (Å²) in [6, 6.07) is 9.75. The molecule has 0 aliphatic rings. The molecular formula is C12H12N4O3. The Bertz CT molecular complexity index is 616. The van der Waals surface area contributed by atoms with Crippen LogP contribution in [0.5, 0.6) is 11.6 Å². The Balaban J connectivity index is 2.34. The molecule has 0 spiro atoms. The van der Waals surface area contributed by atoms with Gasteiger partial charge in [-0.25, -0.2) is 5.84 Å². The zero-order chi connectivity index (χ0) is 13.8. The predicted molar refractivity (Wildman–Crippen MR) is 70.0 cm³/mol. The molecule has 0 radical (unpaired) electrons. The second-order valence-electron chi connectivity index (χ2n) is 3.87. The number of rotatable bonds is 4. The number of nitro groups is 1. The molecule has 2 aromatic rings. The molecule has 0 saturated heterocycles. The van der Waals surface area contributed by atoms with E-state index in [0.29, 0.717) is 5.75 Å². The molecule has 0 amide bonds. The van der Waals surface area contributed by atoms with Gasteiger partial charge >= 0.3 is 0 Å². The first-order chi connectivity index (χ1) is 9.08. The van der Waals surface area contributed by atoms with E-state index in [4.69, 9.17) is 10.6 Å². The number of benzene rings is 1. The summed E-state index contributed by atoms with van der Waals surface area (Å²) in [5.41, 5.74) is 3.13. The number of hydrogen-bond donors (Lipinski definition) is 2. The topological polar surface area (TPSA) is 103 Å². The zero-order valence-electron chi connectivity index (χ0n) is 10.2. The molecule has 1 aromatic carbocycles. The number of ether oxygens (including phenoxy) is 1. The van der Waals surface area contributed by atoms with Crippen molar-refractivity contribution in [2.75, 3.05) is 5.43 Å². The lowest BCUT2D eigenvalue weighted by Crippen LogP contribution is -2.09. The van der Waals surface area contributed by atoms with Crippen molar-refractivity contribution < 1.29 is 9.66 Å². The van der Waals surface area contributed by atoms with Gasteiger partial charge < -0.3 is 10.2 Å². The molecule has 1 aromatic heterocycles. The smallest absolute Gasteiger partial charge is 0.278 e. The number of anilines is 1. The van der Waals surface area contributed by atoms with Crippen molar-refractivity contribution in [3.63, 3.8) is 0 Å². The Morgan fingerprint density at radius 3 is 2.79 bits per heavy atom. The van der Waals surface area contributed by atoms with E-state index in [-0.39, 0.29) is 17.4 Å². The molecule has 0 atom stereocenters. The van der Waals surface area contributed by atoms with Gasteiger partial charge in [-0.05, 0) is 24.6 Å². The van der Waals surface area contributed by atoms with Crippen LogP contribution in [0.2, 0.25) is 0 Å². The van der Waals surface area contributed by atoms with Crippen LogP contribution in [0.25, 0.3) is 0 Å². The van der Waals surface area contributed by atoms with Gasteiger partial charge in [0, 0.05) is 0 Å². The number of nitrogen functional groups attached to an aromatic ring is 1. The zero-order valence-corrected chi connectivity index (χ0v) is 10.2. The van der Waals surface area contributed by atoms with Crippen LogP contribution in [0, 0.1) is 17.0 Å². The van der Waals surface area contributed by atoms with Crippen molar-refractivity contribution in [1.29, 1.82) is 0 Å². The maximum Gasteiger partial charge on any atom is 0.278 e. The van der Waals surface area contributed by atoms with Crippen LogP contribution in [0.1, 0.15) is 5.56 Å². The predicted octanol–water partition coefficient (Wildman–Crippen LogP) is 2.38. The molecule has 7 heteroatoms. The molecule has 0 unspecified atom stereocenters. The lowest BCUT2D eigenvalue weighted by atomic mass is 10.2. The van der Waals surface area contributed by atoms with Gasteiger partial charge in [0.15, 0.2) is 5.82 Å². The van der Waals surface area contributed by atoms with Gasteiger partial charge in [0.05, 0.1) is 17.1 Å². The maximum atomic E-state index is 10.8. The average Bonchev–Trinajstić information content (AvgIpc) is 2.38. The van der Waals surface area contributed by atoms with Gasteiger partial charge in [-0.2, -0.15) is 4.98 Å². The van der Waals surface area contributed by atoms with E-state index in [0.717, 1.165) is 5.56 Å². The number of nitrogens with two attached hydrogens (primary N) is 1. The second kappa shape index (κ2) is 5.32. The van der Waals surface area contributed by atoms with E-state index >= 15 is 0 Å². The number of hydrogen-bond acceptors (Lipinski definition) is 6. The van der Waals surface area contributed by atoms with E-state index in [1.165, 1.54) is 12.1 Å². The molecule has 7 nitrogen and oxygen atoms in total. The Labute approximate surface area is 109 Å². The maximum absolute atomic E-state index is 10.8. The average molecular weight is 260 g/mol. The summed E-state index contributed by atoms with van der Waals surface area (Å²) < 4.78 is 5.48. The van der Waals surface area contributed by atoms with Gasteiger partial charge in [0.2, 0.25) is 5.88 Å². The third-order valence-corrected chi connectivity index (χ3v) is 2.36. The Hall–Kier alpha value is -2.67. The van der Waals surface area contributed by atoms with E-state index in [9.17, 15) is 10.1 Å². The molecule has 0 aliphatic heterocycles. The highest BCUT2D eigenvalue weighted by Crippen LogP contribution is 2.26. The molecule has 0 fully saturated rings.